The fourth-order valence-corrected chi connectivity index (χ4v) is 6.88. The van der Waals surface area contributed by atoms with Crippen molar-refractivity contribution in [2.24, 2.45) is 5.92 Å². The van der Waals surface area contributed by atoms with Crippen molar-refractivity contribution >= 4 is 28.2 Å². The van der Waals surface area contributed by atoms with Gasteiger partial charge in [0.25, 0.3) is 0 Å². The number of anilines is 2. The van der Waals surface area contributed by atoms with Crippen molar-refractivity contribution < 1.29 is 13.9 Å². The summed E-state index contributed by atoms with van der Waals surface area (Å²) in [5.74, 6) is 1.02. The molecule has 0 aliphatic carbocycles. The summed E-state index contributed by atoms with van der Waals surface area (Å²) in [6.07, 6.45) is 4.36. The number of rotatable bonds is 8. The molecule has 44 heavy (non-hydrogen) atoms. The molecule has 0 radical (unpaired) electrons. The molecule has 9 nitrogen and oxygen atoms in total. The Morgan fingerprint density at radius 2 is 1.95 bits per heavy atom. The highest BCUT2D eigenvalue weighted by Gasteiger charge is 2.35. The molecule has 230 valence electrons. The largest absolute Gasteiger partial charge is 0.463 e. The van der Waals surface area contributed by atoms with Gasteiger partial charge in [-0.1, -0.05) is 30.3 Å². The highest BCUT2D eigenvalue weighted by molar-refractivity contribution is 5.97. The Balaban J connectivity index is 1.32. The fraction of sp³-hybridized carbons (Fsp3) is 0.471. The third kappa shape index (κ3) is 6.20. The zero-order valence-electron chi connectivity index (χ0n) is 25.6. The van der Waals surface area contributed by atoms with E-state index in [-0.39, 0.29) is 18.5 Å². The Morgan fingerprint density at radius 3 is 2.73 bits per heavy atom. The van der Waals surface area contributed by atoms with Gasteiger partial charge in [0.2, 0.25) is 12.5 Å². The average Bonchev–Trinajstić information content (AvgIpc) is 3.46. The van der Waals surface area contributed by atoms with Crippen LogP contribution in [0.25, 0.3) is 15.6 Å². The van der Waals surface area contributed by atoms with Crippen molar-refractivity contribution in [3.63, 3.8) is 0 Å². The maximum atomic E-state index is 12.8. The van der Waals surface area contributed by atoms with E-state index in [0.717, 1.165) is 49.6 Å². The third-order valence-corrected chi connectivity index (χ3v) is 9.11. The minimum atomic E-state index is -0.693. The summed E-state index contributed by atoms with van der Waals surface area (Å²) in [6.45, 7) is 14.7. The molecule has 1 aromatic heterocycles. The Hall–Kier alpha value is -4.23. The lowest BCUT2D eigenvalue weighted by atomic mass is 9.99. The Bertz CT molecular complexity index is 1580. The fourth-order valence-electron chi connectivity index (χ4n) is 6.88. The van der Waals surface area contributed by atoms with Crippen LogP contribution in [0.3, 0.4) is 0 Å². The van der Waals surface area contributed by atoms with Crippen molar-refractivity contribution in [1.29, 1.82) is 0 Å². The number of benzene rings is 2. The van der Waals surface area contributed by atoms with Gasteiger partial charge < -0.3 is 29.2 Å². The Kier molecular flexibility index (Phi) is 8.94. The van der Waals surface area contributed by atoms with Crippen LogP contribution in [0.15, 0.2) is 48.6 Å². The number of aromatic nitrogens is 2. The van der Waals surface area contributed by atoms with Gasteiger partial charge in [-0.15, -0.1) is 0 Å². The van der Waals surface area contributed by atoms with Crippen LogP contribution in [0.2, 0.25) is 0 Å². The molecular formula is C34H40FN7O2. The Labute approximate surface area is 258 Å². The first kappa shape index (κ1) is 29.8. The van der Waals surface area contributed by atoms with E-state index in [1.54, 1.807) is 4.90 Å². The topological polar surface area (TPSA) is 69.4 Å². The molecule has 0 N–H and O–H groups in total. The average molecular weight is 598 g/mol. The Morgan fingerprint density at radius 1 is 1.11 bits per heavy atom. The summed E-state index contributed by atoms with van der Waals surface area (Å²) in [5, 5.41) is 2.49. The van der Waals surface area contributed by atoms with Crippen LogP contribution in [0, 0.1) is 19.4 Å². The number of fused-ring (bicyclic) bond motifs is 2. The maximum Gasteiger partial charge on any atom is 0.318 e. The molecular weight excluding hydrogens is 557 g/mol. The van der Waals surface area contributed by atoms with E-state index in [1.165, 1.54) is 34.2 Å². The molecule has 2 aromatic carbocycles. The molecule has 2 fully saturated rings. The number of hydrogen-bond acceptors (Lipinski definition) is 7. The zero-order chi connectivity index (χ0) is 30.6. The first-order chi connectivity index (χ1) is 21.4. The van der Waals surface area contributed by atoms with E-state index in [1.807, 2.05) is 0 Å². The number of aryl methyl sites for hydroxylation is 1. The van der Waals surface area contributed by atoms with Gasteiger partial charge in [0.1, 0.15) is 18.5 Å². The van der Waals surface area contributed by atoms with E-state index < -0.39 is 6.67 Å². The number of allylic oxidation sites excluding steroid dienone is 1. The molecule has 3 aliphatic heterocycles. The minimum absolute atomic E-state index is 0.172. The third-order valence-electron chi connectivity index (χ3n) is 9.11. The smallest absolute Gasteiger partial charge is 0.318 e. The number of likely N-dealkylation sites (tertiary alicyclic amines) is 1. The van der Waals surface area contributed by atoms with Gasteiger partial charge >= 0.3 is 6.01 Å². The summed E-state index contributed by atoms with van der Waals surface area (Å²) >= 11 is 0. The molecule has 0 saturated carbocycles. The van der Waals surface area contributed by atoms with Crippen molar-refractivity contribution in [3.05, 3.63) is 76.8 Å². The number of nitrogens with zero attached hydrogens (tertiary/aromatic N) is 7. The highest BCUT2D eigenvalue weighted by Crippen LogP contribution is 2.36. The van der Waals surface area contributed by atoms with Crippen molar-refractivity contribution in [2.45, 2.75) is 32.4 Å². The minimum Gasteiger partial charge on any atom is -0.463 e. The predicted molar refractivity (Wildman–Crippen MR) is 171 cm³/mol. The van der Waals surface area contributed by atoms with Crippen molar-refractivity contribution in [3.8, 4) is 6.01 Å². The molecule has 1 amide bonds. The van der Waals surface area contributed by atoms with Gasteiger partial charge in [-0.3, -0.25) is 4.79 Å². The lowest BCUT2D eigenvalue weighted by Gasteiger charge is -2.41. The van der Waals surface area contributed by atoms with Gasteiger partial charge in [0.15, 0.2) is 0 Å². The number of carbonyl (C=O) groups excluding carboxylic acids is 1. The number of alkyl halides is 1. The predicted octanol–water partition coefficient (Wildman–Crippen LogP) is 4.29. The van der Waals surface area contributed by atoms with E-state index >= 15 is 0 Å². The molecule has 4 heterocycles. The van der Waals surface area contributed by atoms with Gasteiger partial charge in [-0.2, -0.15) is 9.97 Å². The number of hydrogen-bond donors (Lipinski definition) is 0. The number of piperazine rings is 1. The highest BCUT2D eigenvalue weighted by atomic mass is 19.1. The summed E-state index contributed by atoms with van der Waals surface area (Å²) < 4.78 is 19.0. The lowest BCUT2D eigenvalue weighted by molar-refractivity contribution is -0.128. The van der Waals surface area contributed by atoms with E-state index in [0.29, 0.717) is 44.7 Å². The van der Waals surface area contributed by atoms with Crippen LogP contribution in [-0.4, -0.2) is 97.9 Å². The quantitative estimate of drug-likeness (QED) is 0.284. The van der Waals surface area contributed by atoms with Crippen LogP contribution in [0.4, 0.5) is 15.9 Å². The molecule has 0 unspecified atom stereocenters. The SMILES string of the molecule is [C-]#[N+]C[C@H]1CN(c2nc(OC[C@@H]3CCN(C)C3)nc3c2CCN(c2cccc4cccc(C)c24)C3)CCN1C(=O)/C=C/CF. The maximum absolute atomic E-state index is 12.8. The second-order valence-electron chi connectivity index (χ2n) is 12.1. The van der Waals surface area contributed by atoms with Gasteiger partial charge in [0, 0.05) is 61.4 Å². The van der Waals surface area contributed by atoms with Crippen LogP contribution in [-0.2, 0) is 17.8 Å². The van der Waals surface area contributed by atoms with Gasteiger partial charge in [0.05, 0.1) is 18.8 Å². The molecule has 6 rings (SSSR count). The first-order valence-electron chi connectivity index (χ1n) is 15.5. The first-order valence-corrected chi connectivity index (χ1v) is 15.5. The monoisotopic (exact) mass is 597 g/mol. The molecule has 3 aromatic rings. The second kappa shape index (κ2) is 13.2. The molecule has 0 bridgehead atoms. The summed E-state index contributed by atoms with van der Waals surface area (Å²) in [5.41, 5.74) is 4.51. The molecule has 10 heteroatoms. The van der Waals surface area contributed by atoms with Crippen LogP contribution >= 0.6 is 0 Å². The number of halogens is 1. The zero-order valence-corrected chi connectivity index (χ0v) is 25.6. The standard InChI is InChI=1S/C34H40FN7O2/c1-24-7-4-8-26-9-5-10-30(32(24)26)40-16-13-28-29(22-40)37-34(44-23-25-12-15-39(3)20-25)38-33(28)41-17-18-42(27(21-41)19-36-2)31(43)11-6-14-35/h4-11,25,27H,12-23H2,1,3H3/b11-6+/t25-,27+/m1/s1. The lowest BCUT2D eigenvalue weighted by Crippen LogP contribution is -2.56. The van der Waals surface area contributed by atoms with E-state index in [2.05, 4.69) is 69.9 Å². The van der Waals surface area contributed by atoms with Gasteiger partial charge in [-0.05, 0) is 56.4 Å². The molecule has 2 atom stereocenters. The molecule has 2 saturated heterocycles. The molecule has 0 spiro atoms. The van der Waals surface area contributed by atoms with Crippen LogP contribution in [0.5, 0.6) is 6.01 Å². The summed E-state index contributed by atoms with van der Waals surface area (Å²) in [6, 6.07) is 13.0. The van der Waals surface area contributed by atoms with E-state index in [4.69, 9.17) is 21.3 Å². The second-order valence-corrected chi connectivity index (χ2v) is 12.1. The van der Waals surface area contributed by atoms with Crippen LogP contribution in [0.1, 0.15) is 23.2 Å². The van der Waals surface area contributed by atoms with Crippen molar-refractivity contribution in [1.82, 2.24) is 19.8 Å². The van der Waals surface area contributed by atoms with Crippen molar-refractivity contribution in [2.75, 3.05) is 75.9 Å². The number of ether oxygens (including phenoxy) is 1. The summed E-state index contributed by atoms with van der Waals surface area (Å²) in [7, 11) is 2.13. The number of carbonyl (C=O) groups is 1. The van der Waals surface area contributed by atoms with Gasteiger partial charge in [-0.25, -0.2) is 11.0 Å². The van der Waals surface area contributed by atoms with E-state index in [9.17, 15) is 9.18 Å². The van der Waals surface area contributed by atoms with Crippen LogP contribution < -0.4 is 14.5 Å². The number of amides is 1. The summed E-state index contributed by atoms with van der Waals surface area (Å²) in [4.78, 5) is 35.0. The normalized spacial score (nSPS) is 20.7. The molecule has 3 aliphatic rings.